The molecule has 1 aliphatic heterocycles. The van der Waals surface area contributed by atoms with Crippen LogP contribution in [-0.4, -0.2) is 50.6 Å². The van der Waals surface area contributed by atoms with Gasteiger partial charge in [-0.1, -0.05) is 54.6 Å². The fourth-order valence-electron chi connectivity index (χ4n) is 4.95. The first-order valence-corrected chi connectivity index (χ1v) is 15.0. The number of carbonyl (C=O) groups is 2. The molecule has 4 aromatic carbocycles. The summed E-state index contributed by atoms with van der Waals surface area (Å²) >= 11 is 0. The third-order valence-electron chi connectivity index (χ3n) is 7.11. The normalized spacial score (nSPS) is 13.1. The maximum Gasteiger partial charge on any atom is 0.338 e. The van der Waals surface area contributed by atoms with Gasteiger partial charge in [-0.2, -0.15) is 4.31 Å². The molecule has 0 aliphatic carbocycles. The molecule has 1 amide bonds. The van der Waals surface area contributed by atoms with E-state index in [-0.39, 0.29) is 17.1 Å². The van der Waals surface area contributed by atoms with Crippen molar-refractivity contribution < 1.29 is 27.2 Å². The monoisotopic (exact) mass is 598 g/mol. The molecule has 0 atom stereocenters. The van der Waals surface area contributed by atoms with E-state index in [2.05, 4.69) is 0 Å². The summed E-state index contributed by atoms with van der Waals surface area (Å²) in [6.07, 6.45) is 1.40. The Morgan fingerprint density at radius 3 is 2.35 bits per heavy atom. The van der Waals surface area contributed by atoms with Gasteiger partial charge in [0.15, 0.2) is 0 Å². The molecule has 10 heteroatoms. The topological polar surface area (TPSA) is 114 Å². The van der Waals surface area contributed by atoms with E-state index in [4.69, 9.17) is 9.15 Å². The molecule has 2 heterocycles. The third kappa shape index (κ3) is 6.50. The zero-order valence-corrected chi connectivity index (χ0v) is 24.5. The van der Waals surface area contributed by atoms with Crippen molar-refractivity contribution in [3.05, 3.63) is 124 Å². The van der Waals surface area contributed by atoms with Crippen LogP contribution >= 0.6 is 0 Å². The van der Waals surface area contributed by atoms with E-state index in [0.717, 1.165) is 28.3 Å². The van der Waals surface area contributed by atoms with Crippen molar-refractivity contribution in [1.82, 2.24) is 9.21 Å². The van der Waals surface area contributed by atoms with E-state index in [0.29, 0.717) is 36.0 Å². The number of ether oxygens (including phenoxy) is 1. The zero-order valence-electron chi connectivity index (χ0n) is 23.7. The molecule has 1 aromatic heterocycles. The van der Waals surface area contributed by atoms with Crippen LogP contribution in [-0.2, 0) is 39.1 Å². The summed E-state index contributed by atoms with van der Waals surface area (Å²) in [4.78, 5) is 35.9. The highest BCUT2D eigenvalue weighted by molar-refractivity contribution is 7.89. The first-order valence-electron chi connectivity index (χ1n) is 13.6. The number of rotatable bonds is 6. The maximum atomic E-state index is 13.2. The van der Waals surface area contributed by atoms with Gasteiger partial charge in [0.2, 0.25) is 16.4 Å². The standard InChI is InChI=1S/C30H23NO6S.C3H7NO/c32-28-17-24(29-26-8-4-3-6-21(26)11-14-27(29)37-28)19-36-30(33)22-9-12-25(13-10-22)38(34,35)31-16-15-20-5-1-2-7-23(20)18-31;1-4(2)3-5/h1-14,17H,15-16,18-19H2;3H,1-2H3. The van der Waals surface area contributed by atoms with Gasteiger partial charge in [-0.05, 0) is 58.7 Å². The molecule has 5 aromatic rings. The molecule has 0 unspecified atom stereocenters. The number of hydrogen-bond acceptors (Lipinski definition) is 7. The number of sulfonamides is 1. The van der Waals surface area contributed by atoms with E-state index >= 15 is 0 Å². The SMILES string of the molecule is CN(C)C=O.O=C(OCc1cc(=O)oc2ccc3ccccc3c12)c1ccc(S(=O)(=O)N2CCc3ccccc3C2)cc1. The van der Waals surface area contributed by atoms with Gasteiger partial charge in [0, 0.05) is 44.2 Å². The molecular formula is C33H30N2O7S. The highest BCUT2D eigenvalue weighted by Crippen LogP contribution is 2.28. The second kappa shape index (κ2) is 12.6. The number of amides is 1. The van der Waals surface area contributed by atoms with Gasteiger partial charge < -0.3 is 14.1 Å². The minimum absolute atomic E-state index is 0.117. The number of hydrogen-bond donors (Lipinski definition) is 0. The Labute approximate surface area is 249 Å². The predicted molar refractivity (Wildman–Crippen MR) is 163 cm³/mol. The van der Waals surface area contributed by atoms with Crippen molar-refractivity contribution in [2.45, 2.75) is 24.5 Å². The smallest absolute Gasteiger partial charge is 0.338 e. The number of benzene rings is 4. The molecule has 0 N–H and O–H groups in total. The lowest BCUT2D eigenvalue weighted by molar-refractivity contribution is -0.115. The zero-order chi connectivity index (χ0) is 30.6. The van der Waals surface area contributed by atoms with Crippen LogP contribution < -0.4 is 5.63 Å². The molecule has 43 heavy (non-hydrogen) atoms. The molecule has 0 spiro atoms. The van der Waals surface area contributed by atoms with Crippen LogP contribution in [0.2, 0.25) is 0 Å². The Morgan fingerprint density at radius 1 is 0.953 bits per heavy atom. The van der Waals surface area contributed by atoms with Crippen LogP contribution in [0.1, 0.15) is 27.0 Å². The van der Waals surface area contributed by atoms with Gasteiger partial charge in [0.1, 0.15) is 12.2 Å². The van der Waals surface area contributed by atoms with E-state index in [9.17, 15) is 22.8 Å². The first-order chi connectivity index (χ1) is 20.7. The lowest BCUT2D eigenvalue weighted by Crippen LogP contribution is -2.35. The summed E-state index contributed by atoms with van der Waals surface area (Å²) < 4.78 is 38.8. The van der Waals surface area contributed by atoms with Gasteiger partial charge in [-0.25, -0.2) is 18.0 Å². The molecule has 0 saturated carbocycles. The molecule has 1 aliphatic rings. The molecular weight excluding hydrogens is 568 g/mol. The third-order valence-corrected chi connectivity index (χ3v) is 8.97. The second-order valence-corrected chi connectivity index (χ2v) is 12.2. The lowest BCUT2D eigenvalue weighted by atomic mass is 10.0. The van der Waals surface area contributed by atoms with Gasteiger partial charge in [0.25, 0.3) is 0 Å². The van der Waals surface area contributed by atoms with Gasteiger partial charge >= 0.3 is 11.6 Å². The summed E-state index contributed by atoms with van der Waals surface area (Å²) in [5, 5.41) is 2.56. The van der Waals surface area contributed by atoms with Crippen LogP contribution in [0, 0.1) is 0 Å². The summed E-state index contributed by atoms with van der Waals surface area (Å²) in [5.41, 5.74) is 2.79. The van der Waals surface area contributed by atoms with Crippen molar-refractivity contribution in [3.8, 4) is 0 Å². The second-order valence-electron chi connectivity index (χ2n) is 10.3. The maximum absolute atomic E-state index is 13.2. The van der Waals surface area contributed by atoms with E-state index in [1.807, 2.05) is 54.6 Å². The highest BCUT2D eigenvalue weighted by Gasteiger charge is 2.28. The van der Waals surface area contributed by atoms with Crippen LogP contribution in [0.3, 0.4) is 0 Å². The van der Waals surface area contributed by atoms with E-state index in [1.54, 1.807) is 20.2 Å². The van der Waals surface area contributed by atoms with Crippen LogP contribution in [0.5, 0.6) is 0 Å². The molecule has 0 bridgehead atoms. The summed E-state index contributed by atoms with van der Waals surface area (Å²) in [6, 6.07) is 26.2. The summed E-state index contributed by atoms with van der Waals surface area (Å²) in [7, 11) is -0.341. The minimum atomic E-state index is -3.72. The van der Waals surface area contributed by atoms with Gasteiger partial charge in [0.05, 0.1) is 10.5 Å². The Hall–Kier alpha value is -4.80. The van der Waals surface area contributed by atoms with Crippen LogP contribution in [0.15, 0.2) is 105 Å². The van der Waals surface area contributed by atoms with Crippen LogP contribution in [0.4, 0.5) is 0 Å². The fourth-order valence-corrected chi connectivity index (χ4v) is 6.37. The summed E-state index contributed by atoms with van der Waals surface area (Å²) in [6.45, 7) is 0.578. The van der Waals surface area contributed by atoms with Gasteiger partial charge in [-0.3, -0.25) is 4.79 Å². The number of fused-ring (bicyclic) bond motifs is 4. The van der Waals surface area contributed by atoms with Crippen molar-refractivity contribution in [1.29, 1.82) is 0 Å². The predicted octanol–water partition coefficient (Wildman–Crippen LogP) is 4.75. The van der Waals surface area contributed by atoms with E-state index in [1.165, 1.54) is 39.5 Å². The molecule has 6 rings (SSSR count). The van der Waals surface area contributed by atoms with Crippen molar-refractivity contribution in [2.75, 3.05) is 20.6 Å². The van der Waals surface area contributed by atoms with Crippen LogP contribution in [0.25, 0.3) is 21.7 Å². The molecule has 0 radical (unpaired) electrons. The Morgan fingerprint density at radius 2 is 1.63 bits per heavy atom. The fraction of sp³-hybridized carbons (Fsp3) is 0.182. The summed E-state index contributed by atoms with van der Waals surface area (Å²) in [5.74, 6) is -0.623. The Kier molecular flexibility index (Phi) is 8.70. The molecule has 0 fully saturated rings. The van der Waals surface area contributed by atoms with E-state index < -0.39 is 21.6 Å². The largest absolute Gasteiger partial charge is 0.457 e. The quantitative estimate of drug-likeness (QED) is 0.120. The molecule has 9 nitrogen and oxygen atoms in total. The first kappa shape index (κ1) is 29.7. The minimum Gasteiger partial charge on any atom is -0.457 e. The van der Waals surface area contributed by atoms with Gasteiger partial charge in [-0.15, -0.1) is 0 Å². The van der Waals surface area contributed by atoms with Crippen molar-refractivity contribution in [2.24, 2.45) is 0 Å². The molecule has 220 valence electrons. The van der Waals surface area contributed by atoms with Crippen molar-refractivity contribution >= 4 is 44.1 Å². The average molecular weight is 599 g/mol. The lowest BCUT2D eigenvalue weighted by Gasteiger charge is -2.28. The highest BCUT2D eigenvalue weighted by atomic mass is 32.2. The number of nitrogens with zero attached hydrogens (tertiary/aromatic N) is 2. The number of carbonyl (C=O) groups excluding carboxylic acids is 2. The average Bonchev–Trinajstić information content (AvgIpc) is 3.03. The van der Waals surface area contributed by atoms with Crippen molar-refractivity contribution in [3.63, 3.8) is 0 Å². The Balaban J connectivity index is 0.000000682. The number of esters is 1. The molecule has 0 saturated heterocycles. The Bertz CT molecular complexity index is 1970.